The minimum absolute atomic E-state index is 0.0429. The van der Waals surface area contributed by atoms with E-state index >= 15 is 0 Å². The molecule has 1 atom stereocenters. The average Bonchev–Trinajstić information content (AvgIpc) is 3.20. The van der Waals surface area contributed by atoms with E-state index in [1.54, 1.807) is 23.2 Å². The number of cyclic esters (lactones) is 1. The van der Waals surface area contributed by atoms with E-state index in [1.165, 1.54) is 17.8 Å². The Bertz CT molecular complexity index is 1220. The molecular weight excluding hydrogens is 443 g/mol. The van der Waals surface area contributed by atoms with Crippen LogP contribution in [-0.2, 0) is 16.1 Å². The van der Waals surface area contributed by atoms with Crippen molar-refractivity contribution < 1.29 is 18.7 Å². The smallest absolute Gasteiger partial charge is 0.414 e. The van der Waals surface area contributed by atoms with Crippen LogP contribution in [0.15, 0.2) is 53.6 Å². The maximum absolute atomic E-state index is 14.3. The van der Waals surface area contributed by atoms with E-state index in [4.69, 9.17) is 4.74 Å². The van der Waals surface area contributed by atoms with Crippen molar-refractivity contribution in [3.8, 4) is 0 Å². The largest absolute Gasteiger partial charge is 0.444 e. The van der Waals surface area contributed by atoms with Crippen LogP contribution in [0.4, 0.5) is 20.6 Å². The molecule has 9 heteroatoms. The molecule has 170 valence electrons. The Morgan fingerprint density at radius 2 is 2.15 bits per heavy atom. The third-order valence-electron chi connectivity index (χ3n) is 5.80. The standard InChI is InChI=1S/C24H23FN4O3S/c25-19-6-7-20-17(4-2-10-27-20)18(19)12-26-9-1-3-16-13-29(24(31)32-16)15-5-8-22-21(11-15)28-23(30)14-33-22/h2,4-8,10-11,16,26H,1,3,9,12-14H2,(H,28,30). The number of rotatable bonds is 7. The number of anilines is 2. The fourth-order valence-electron chi connectivity index (χ4n) is 4.16. The van der Waals surface area contributed by atoms with Crippen LogP contribution < -0.4 is 15.5 Å². The highest BCUT2D eigenvalue weighted by Gasteiger charge is 2.32. The molecule has 0 saturated carbocycles. The zero-order valence-corrected chi connectivity index (χ0v) is 18.7. The molecule has 2 amide bonds. The Morgan fingerprint density at radius 3 is 3.06 bits per heavy atom. The van der Waals surface area contributed by atoms with Crippen molar-refractivity contribution in [3.63, 3.8) is 0 Å². The highest BCUT2D eigenvalue weighted by atomic mass is 32.2. The lowest BCUT2D eigenvalue weighted by molar-refractivity contribution is -0.113. The summed E-state index contributed by atoms with van der Waals surface area (Å²) >= 11 is 1.48. The molecule has 0 spiro atoms. The highest BCUT2D eigenvalue weighted by Crippen LogP contribution is 2.35. The summed E-state index contributed by atoms with van der Waals surface area (Å²) in [6.45, 7) is 1.54. The lowest BCUT2D eigenvalue weighted by Crippen LogP contribution is -2.25. The number of benzene rings is 2. The Kier molecular flexibility index (Phi) is 6.15. The van der Waals surface area contributed by atoms with Crippen LogP contribution in [0.2, 0.25) is 0 Å². The fraction of sp³-hybridized carbons (Fsp3) is 0.292. The zero-order valence-electron chi connectivity index (χ0n) is 17.8. The van der Waals surface area contributed by atoms with Crippen molar-refractivity contribution in [2.24, 2.45) is 0 Å². The average molecular weight is 467 g/mol. The van der Waals surface area contributed by atoms with Crippen LogP contribution in [0.3, 0.4) is 0 Å². The number of nitrogens with zero attached hydrogens (tertiary/aromatic N) is 2. The molecular formula is C24H23FN4O3S. The number of carbonyl (C=O) groups excluding carboxylic acids is 2. The van der Waals surface area contributed by atoms with Crippen LogP contribution >= 0.6 is 11.8 Å². The first kappa shape index (κ1) is 21.7. The van der Waals surface area contributed by atoms with Gasteiger partial charge in [0, 0.05) is 34.3 Å². The van der Waals surface area contributed by atoms with Gasteiger partial charge in [-0.3, -0.25) is 14.7 Å². The van der Waals surface area contributed by atoms with Gasteiger partial charge >= 0.3 is 6.09 Å². The van der Waals surface area contributed by atoms with Crippen molar-refractivity contribution in [2.75, 3.05) is 29.1 Å². The molecule has 5 rings (SSSR count). The number of halogens is 1. The van der Waals surface area contributed by atoms with Crippen LogP contribution in [0, 0.1) is 5.82 Å². The summed E-state index contributed by atoms with van der Waals surface area (Å²) in [6.07, 6.45) is 2.59. The number of fused-ring (bicyclic) bond motifs is 2. The number of hydrogen-bond donors (Lipinski definition) is 2. The van der Waals surface area contributed by atoms with Gasteiger partial charge in [0.2, 0.25) is 5.91 Å². The maximum Gasteiger partial charge on any atom is 0.414 e. The van der Waals surface area contributed by atoms with E-state index in [2.05, 4.69) is 15.6 Å². The topological polar surface area (TPSA) is 83.6 Å². The zero-order chi connectivity index (χ0) is 22.8. The monoisotopic (exact) mass is 466 g/mol. The van der Waals surface area contributed by atoms with Crippen LogP contribution in [0.5, 0.6) is 0 Å². The summed E-state index contributed by atoms with van der Waals surface area (Å²) in [5.74, 6) is 0.111. The first-order valence-corrected chi connectivity index (χ1v) is 11.8. The van der Waals surface area contributed by atoms with E-state index in [0.717, 1.165) is 27.9 Å². The van der Waals surface area contributed by atoms with Crippen molar-refractivity contribution in [3.05, 3.63) is 60.0 Å². The van der Waals surface area contributed by atoms with Gasteiger partial charge in [0.1, 0.15) is 11.9 Å². The number of ether oxygens (including phenoxy) is 1. The molecule has 2 aliphatic rings. The summed E-state index contributed by atoms with van der Waals surface area (Å²) in [7, 11) is 0. The van der Waals surface area contributed by atoms with Gasteiger partial charge in [-0.05, 0) is 55.8 Å². The first-order chi connectivity index (χ1) is 16.1. The third kappa shape index (κ3) is 4.65. The molecule has 33 heavy (non-hydrogen) atoms. The summed E-state index contributed by atoms with van der Waals surface area (Å²) < 4.78 is 19.8. The first-order valence-electron chi connectivity index (χ1n) is 10.9. The molecule has 0 bridgehead atoms. The van der Waals surface area contributed by atoms with Crippen molar-refractivity contribution in [1.29, 1.82) is 0 Å². The molecule has 2 aromatic carbocycles. The van der Waals surface area contributed by atoms with Gasteiger partial charge in [0.15, 0.2) is 0 Å². The number of nitrogens with one attached hydrogen (secondary N) is 2. The summed E-state index contributed by atoms with van der Waals surface area (Å²) in [5, 5.41) is 6.95. The normalized spacial score (nSPS) is 17.7. The molecule has 1 saturated heterocycles. The second-order valence-corrected chi connectivity index (χ2v) is 9.07. The molecule has 1 fully saturated rings. The Balaban J connectivity index is 1.13. The van der Waals surface area contributed by atoms with Crippen LogP contribution in [-0.4, -0.2) is 41.9 Å². The van der Waals surface area contributed by atoms with Gasteiger partial charge in [0.25, 0.3) is 0 Å². The van der Waals surface area contributed by atoms with Crippen molar-refractivity contribution >= 4 is 46.0 Å². The van der Waals surface area contributed by atoms with E-state index in [1.807, 2.05) is 24.3 Å². The number of carbonyl (C=O) groups is 2. The second-order valence-electron chi connectivity index (χ2n) is 8.05. The molecule has 1 aromatic heterocycles. The van der Waals surface area contributed by atoms with Crippen LogP contribution in [0.25, 0.3) is 10.9 Å². The Labute approximate surface area is 194 Å². The molecule has 2 aliphatic heterocycles. The number of amides is 2. The van der Waals surface area contributed by atoms with Gasteiger partial charge in [-0.1, -0.05) is 6.07 Å². The minimum Gasteiger partial charge on any atom is -0.444 e. The molecule has 1 unspecified atom stereocenters. The highest BCUT2D eigenvalue weighted by molar-refractivity contribution is 8.00. The van der Waals surface area contributed by atoms with Gasteiger partial charge in [0.05, 0.1) is 23.5 Å². The van der Waals surface area contributed by atoms with Gasteiger partial charge in [-0.2, -0.15) is 0 Å². The minimum atomic E-state index is -0.381. The summed E-state index contributed by atoms with van der Waals surface area (Å²) in [4.78, 5) is 30.9. The van der Waals surface area contributed by atoms with E-state index in [9.17, 15) is 14.0 Å². The molecule has 0 aliphatic carbocycles. The predicted octanol–water partition coefficient (Wildman–Crippen LogP) is 4.31. The van der Waals surface area contributed by atoms with Crippen LogP contribution in [0.1, 0.15) is 18.4 Å². The Morgan fingerprint density at radius 1 is 1.24 bits per heavy atom. The van der Waals surface area contributed by atoms with Gasteiger partial charge in [-0.15, -0.1) is 11.8 Å². The quantitative estimate of drug-likeness (QED) is 0.505. The SMILES string of the molecule is O=C1CSc2ccc(N3CC(CCCNCc4c(F)ccc5ncccc45)OC3=O)cc2N1. The second kappa shape index (κ2) is 9.36. The van der Waals surface area contributed by atoms with E-state index in [0.29, 0.717) is 43.1 Å². The summed E-state index contributed by atoms with van der Waals surface area (Å²) in [6, 6.07) is 12.4. The molecule has 7 nitrogen and oxygen atoms in total. The number of aromatic nitrogens is 1. The fourth-order valence-corrected chi connectivity index (χ4v) is 4.94. The van der Waals surface area contributed by atoms with Gasteiger partial charge in [-0.25, -0.2) is 9.18 Å². The lowest BCUT2D eigenvalue weighted by atomic mass is 10.1. The number of thioether (sulfide) groups is 1. The third-order valence-corrected chi connectivity index (χ3v) is 6.88. The van der Waals surface area contributed by atoms with Crippen molar-refractivity contribution in [1.82, 2.24) is 10.3 Å². The lowest BCUT2D eigenvalue weighted by Gasteiger charge is -2.20. The Hall–Kier alpha value is -3.17. The summed E-state index contributed by atoms with van der Waals surface area (Å²) in [5.41, 5.74) is 2.82. The molecule has 0 radical (unpaired) electrons. The molecule has 3 heterocycles. The van der Waals surface area contributed by atoms with E-state index in [-0.39, 0.29) is 23.9 Å². The van der Waals surface area contributed by atoms with Gasteiger partial charge < -0.3 is 15.4 Å². The molecule has 3 aromatic rings. The maximum atomic E-state index is 14.3. The van der Waals surface area contributed by atoms with Crippen molar-refractivity contribution in [2.45, 2.75) is 30.4 Å². The number of pyridine rings is 1. The predicted molar refractivity (Wildman–Crippen MR) is 126 cm³/mol. The molecule has 2 N–H and O–H groups in total. The van der Waals surface area contributed by atoms with E-state index < -0.39 is 0 Å². The number of hydrogen-bond acceptors (Lipinski definition) is 6.